The van der Waals surface area contributed by atoms with Crippen molar-refractivity contribution in [3.63, 3.8) is 0 Å². The zero-order valence-corrected chi connectivity index (χ0v) is 13.0. The lowest BCUT2D eigenvalue weighted by atomic mass is 9.90. The lowest BCUT2D eigenvalue weighted by Crippen LogP contribution is -2.49. The minimum Gasteiger partial charge on any atom is -0.380 e. The van der Waals surface area contributed by atoms with E-state index in [2.05, 4.69) is 24.1 Å². The van der Waals surface area contributed by atoms with Gasteiger partial charge in [0.1, 0.15) is 0 Å². The topological polar surface area (TPSA) is 24.5 Å². The quantitative estimate of drug-likeness (QED) is 0.801. The molecule has 0 bridgehead atoms. The van der Waals surface area contributed by atoms with Crippen molar-refractivity contribution in [3.8, 4) is 0 Å². The molecule has 4 atom stereocenters. The molecule has 1 aliphatic heterocycles. The summed E-state index contributed by atoms with van der Waals surface area (Å²) in [7, 11) is 1.86. The van der Waals surface area contributed by atoms with E-state index >= 15 is 0 Å². The van der Waals surface area contributed by atoms with Gasteiger partial charge in [-0.25, -0.2) is 0 Å². The smallest absolute Gasteiger partial charge is 0.0724 e. The van der Waals surface area contributed by atoms with Crippen LogP contribution < -0.4 is 5.32 Å². The summed E-state index contributed by atoms with van der Waals surface area (Å²) < 4.78 is 5.60. The van der Waals surface area contributed by atoms with Crippen LogP contribution in [0.5, 0.6) is 0 Å². The first-order valence-electron chi connectivity index (χ1n) is 8.25. The van der Waals surface area contributed by atoms with Crippen molar-refractivity contribution >= 4 is 0 Å². The van der Waals surface area contributed by atoms with Gasteiger partial charge in [-0.05, 0) is 64.5 Å². The highest BCUT2D eigenvalue weighted by Crippen LogP contribution is 2.25. The molecule has 0 amide bonds. The van der Waals surface area contributed by atoms with Crippen molar-refractivity contribution in [2.75, 3.05) is 26.7 Å². The Morgan fingerprint density at radius 1 is 1.26 bits per heavy atom. The summed E-state index contributed by atoms with van der Waals surface area (Å²) in [6.07, 6.45) is 8.31. The molecule has 0 aromatic carbocycles. The van der Waals surface area contributed by atoms with Gasteiger partial charge in [-0.1, -0.05) is 6.92 Å². The molecule has 4 unspecified atom stereocenters. The third-order valence-corrected chi connectivity index (χ3v) is 5.02. The molecule has 0 aromatic rings. The number of nitrogens with one attached hydrogen (secondary N) is 1. The fourth-order valence-electron chi connectivity index (χ4n) is 3.89. The van der Waals surface area contributed by atoms with E-state index in [1.807, 2.05) is 7.11 Å². The Morgan fingerprint density at radius 2 is 2.11 bits per heavy atom. The maximum Gasteiger partial charge on any atom is 0.0724 e. The molecule has 1 N–H and O–H groups in total. The number of methoxy groups -OCH3 is 1. The molecule has 19 heavy (non-hydrogen) atoms. The van der Waals surface area contributed by atoms with Gasteiger partial charge >= 0.3 is 0 Å². The molecule has 1 aliphatic carbocycles. The van der Waals surface area contributed by atoms with Crippen LogP contribution >= 0.6 is 0 Å². The number of hydrogen-bond donors (Lipinski definition) is 1. The van der Waals surface area contributed by atoms with Crippen molar-refractivity contribution in [1.29, 1.82) is 0 Å². The summed E-state index contributed by atoms with van der Waals surface area (Å²) in [5.41, 5.74) is 0. The van der Waals surface area contributed by atoms with E-state index in [0.717, 1.165) is 5.92 Å². The van der Waals surface area contributed by atoms with Crippen molar-refractivity contribution < 1.29 is 4.74 Å². The summed E-state index contributed by atoms with van der Waals surface area (Å²) in [5, 5.41) is 3.86. The number of hydrogen-bond acceptors (Lipinski definition) is 3. The van der Waals surface area contributed by atoms with Gasteiger partial charge < -0.3 is 15.0 Å². The molecule has 1 saturated carbocycles. The van der Waals surface area contributed by atoms with Gasteiger partial charge in [0.25, 0.3) is 0 Å². The zero-order chi connectivity index (χ0) is 13.7. The van der Waals surface area contributed by atoms with Crippen LogP contribution in [0.15, 0.2) is 0 Å². The standard InChI is InChI=1S/C16H32N2O/c1-4-10-18-11-6-7-14(12-18)13(2)17-15-8-5-9-16(15)19-3/h13-17H,4-12H2,1-3H3. The monoisotopic (exact) mass is 268 g/mol. The highest BCUT2D eigenvalue weighted by molar-refractivity contribution is 4.89. The molecule has 2 fully saturated rings. The third kappa shape index (κ3) is 4.17. The summed E-state index contributed by atoms with van der Waals surface area (Å²) >= 11 is 0. The van der Waals surface area contributed by atoms with Crippen LogP contribution in [-0.4, -0.2) is 49.8 Å². The summed E-state index contributed by atoms with van der Waals surface area (Å²) in [6, 6.07) is 1.21. The van der Waals surface area contributed by atoms with Gasteiger partial charge in [-0.3, -0.25) is 0 Å². The van der Waals surface area contributed by atoms with Gasteiger partial charge in [0.05, 0.1) is 6.10 Å². The van der Waals surface area contributed by atoms with E-state index in [4.69, 9.17) is 4.74 Å². The molecule has 1 saturated heterocycles. The average Bonchev–Trinajstić information content (AvgIpc) is 2.86. The second-order valence-corrected chi connectivity index (χ2v) is 6.47. The second-order valence-electron chi connectivity index (χ2n) is 6.47. The summed E-state index contributed by atoms with van der Waals surface area (Å²) in [5.74, 6) is 0.818. The van der Waals surface area contributed by atoms with Gasteiger partial charge in [-0.15, -0.1) is 0 Å². The highest BCUT2D eigenvalue weighted by atomic mass is 16.5. The Morgan fingerprint density at radius 3 is 2.84 bits per heavy atom. The molecule has 3 heteroatoms. The highest BCUT2D eigenvalue weighted by Gasteiger charge is 2.31. The van der Waals surface area contributed by atoms with Crippen LogP contribution in [-0.2, 0) is 4.74 Å². The fourth-order valence-corrected chi connectivity index (χ4v) is 3.89. The molecule has 2 aliphatic rings. The number of ether oxygens (including phenoxy) is 1. The van der Waals surface area contributed by atoms with Gasteiger partial charge in [0.2, 0.25) is 0 Å². The van der Waals surface area contributed by atoms with Crippen molar-refractivity contribution in [3.05, 3.63) is 0 Å². The van der Waals surface area contributed by atoms with Crippen LogP contribution in [0, 0.1) is 5.92 Å². The first-order valence-corrected chi connectivity index (χ1v) is 8.25. The predicted octanol–water partition coefficient (Wildman–Crippen LogP) is 2.65. The molecular formula is C16H32N2O. The summed E-state index contributed by atoms with van der Waals surface area (Å²) in [6.45, 7) is 8.53. The van der Waals surface area contributed by atoms with Crippen molar-refractivity contribution in [1.82, 2.24) is 10.2 Å². The predicted molar refractivity (Wildman–Crippen MR) is 80.5 cm³/mol. The molecule has 0 aromatic heterocycles. The number of piperidine rings is 1. The van der Waals surface area contributed by atoms with Crippen molar-refractivity contribution in [2.45, 2.75) is 70.6 Å². The number of likely N-dealkylation sites (tertiary alicyclic amines) is 1. The van der Waals surface area contributed by atoms with Crippen LogP contribution in [0.4, 0.5) is 0 Å². The first-order chi connectivity index (χ1) is 9.24. The minimum atomic E-state index is 0.442. The SMILES string of the molecule is CCCN1CCCC(C(C)NC2CCCC2OC)C1. The lowest BCUT2D eigenvalue weighted by molar-refractivity contribution is 0.0729. The van der Waals surface area contributed by atoms with Crippen LogP contribution in [0.3, 0.4) is 0 Å². The van der Waals surface area contributed by atoms with Gasteiger partial charge in [0.15, 0.2) is 0 Å². The van der Waals surface area contributed by atoms with Crippen LogP contribution in [0.2, 0.25) is 0 Å². The summed E-state index contributed by atoms with van der Waals surface area (Å²) in [4.78, 5) is 2.65. The maximum atomic E-state index is 5.60. The molecule has 112 valence electrons. The van der Waals surface area contributed by atoms with E-state index in [1.54, 1.807) is 0 Å². The fraction of sp³-hybridized carbons (Fsp3) is 1.00. The Labute approximate surface area is 119 Å². The molecule has 3 nitrogen and oxygen atoms in total. The molecule has 0 spiro atoms. The van der Waals surface area contributed by atoms with Gasteiger partial charge in [-0.2, -0.15) is 0 Å². The molecule has 1 heterocycles. The Balaban J connectivity index is 1.80. The second kappa shape index (κ2) is 7.61. The average molecular weight is 268 g/mol. The van der Waals surface area contributed by atoms with Crippen LogP contribution in [0.1, 0.15) is 52.4 Å². The van der Waals surface area contributed by atoms with E-state index < -0.39 is 0 Å². The third-order valence-electron chi connectivity index (χ3n) is 5.02. The van der Waals surface area contributed by atoms with E-state index in [-0.39, 0.29) is 0 Å². The first kappa shape index (κ1) is 15.3. The Hall–Kier alpha value is -0.120. The van der Waals surface area contributed by atoms with Crippen molar-refractivity contribution in [2.24, 2.45) is 5.92 Å². The molecule has 2 rings (SSSR count). The van der Waals surface area contributed by atoms with Gasteiger partial charge in [0, 0.05) is 25.7 Å². The number of nitrogens with zero attached hydrogens (tertiary/aromatic N) is 1. The zero-order valence-electron chi connectivity index (χ0n) is 13.0. The molecular weight excluding hydrogens is 236 g/mol. The maximum absolute atomic E-state index is 5.60. The van der Waals surface area contributed by atoms with E-state index in [0.29, 0.717) is 18.2 Å². The number of rotatable bonds is 6. The Kier molecular flexibility index (Phi) is 6.11. The Bertz CT molecular complexity index is 257. The largest absolute Gasteiger partial charge is 0.380 e. The normalized spacial score (nSPS) is 34.6. The lowest BCUT2D eigenvalue weighted by Gasteiger charge is -2.37. The van der Waals surface area contributed by atoms with E-state index in [9.17, 15) is 0 Å². The van der Waals surface area contributed by atoms with Crippen LogP contribution in [0.25, 0.3) is 0 Å². The minimum absolute atomic E-state index is 0.442. The van der Waals surface area contributed by atoms with E-state index in [1.165, 1.54) is 58.2 Å². The molecule has 0 radical (unpaired) electrons.